The Bertz CT molecular complexity index is 742. The molecule has 0 saturated carbocycles. The number of alkyl halides is 1. The number of aliphatic hydroxyl groups is 1. The molecule has 0 amide bonds. The minimum Gasteiger partial charge on any atom is -0.387 e. The molecule has 102 valence electrons. The summed E-state index contributed by atoms with van der Waals surface area (Å²) < 4.78 is 14.0. The van der Waals surface area contributed by atoms with E-state index >= 15 is 0 Å². The number of rotatable bonds is 0. The molecule has 1 nitrogen and oxygen atoms in total. The van der Waals surface area contributed by atoms with Crippen molar-refractivity contribution in [3.05, 3.63) is 70.0 Å². The maximum atomic E-state index is 14.0. The molecule has 2 atom stereocenters. The fourth-order valence-corrected chi connectivity index (χ4v) is 4.30. The molecule has 3 heteroatoms. The van der Waals surface area contributed by atoms with Crippen molar-refractivity contribution >= 4 is 11.6 Å². The van der Waals surface area contributed by atoms with Crippen molar-refractivity contribution in [3.8, 4) is 0 Å². The third kappa shape index (κ3) is 1.26. The Hall–Kier alpha value is -1.38. The number of benzene rings is 2. The topological polar surface area (TPSA) is 20.2 Å². The van der Waals surface area contributed by atoms with Gasteiger partial charge in [0.1, 0.15) is 16.3 Å². The molecule has 2 aromatic rings. The van der Waals surface area contributed by atoms with Gasteiger partial charge in [0.15, 0.2) is 0 Å². The summed E-state index contributed by atoms with van der Waals surface area (Å²) in [6.45, 7) is 1.74. The zero-order valence-electron chi connectivity index (χ0n) is 11.1. The van der Waals surface area contributed by atoms with Gasteiger partial charge in [-0.3, -0.25) is 0 Å². The third-order valence-electron chi connectivity index (χ3n) is 4.75. The third-order valence-corrected chi connectivity index (χ3v) is 5.51. The Morgan fingerprint density at radius 2 is 1.80 bits per heavy atom. The molecule has 0 bridgehead atoms. The first kappa shape index (κ1) is 12.4. The summed E-state index contributed by atoms with van der Waals surface area (Å²) in [7, 11) is 0. The minimum atomic E-state index is -1.05. The molecule has 0 aromatic heterocycles. The van der Waals surface area contributed by atoms with Crippen LogP contribution in [0.4, 0.5) is 4.39 Å². The second-order valence-electron chi connectivity index (χ2n) is 5.96. The fourth-order valence-electron chi connectivity index (χ4n) is 3.80. The highest BCUT2D eigenvalue weighted by Gasteiger charge is 2.61. The monoisotopic (exact) mass is 288 g/mol. The summed E-state index contributed by atoms with van der Waals surface area (Å²) in [5.74, 6) is -0.266. The van der Waals surface area contributed by atoms with Crippen LogP contribution in [0.1, 0.15) is 27.8 Å². The first-order valence-corrected chi connectivity index (χ1v) is 7.13. The van der Waals surface area contributed by atoms with E-state index in [0.29, 0.717) is 18.4 Å². The van der Waals surface area contributed by atoms with Gasteiger partial charge in [0.25, 0.3) is 0 Å². The zero-order chi connectivity index (χ0) is 14.1. The van der Waals surface area contributed by atoms with Crippen LogP contribution in [0, 0.1) is 12.7 Å². The molecule has 0 radical (unpaired) electrons. The Labute approximate surface area is 122 Å². The summed E-state index contributed by atoms with van der Waals surface area (Å²) in [4.78, 5) is -1.02. The van der Waals surface area contributed by atoms with E-state index in [4.69, 9.17) is 11.6 Å². The van der Waals surface area contributed by atoms with Crippen LogP contribution in [0.2, 0.25) is 0 Å². The van der Waals surface area contributed by atoms with Gasteiger partial charge in [-0.1, -0.05) is 30.3 Å². The highest BCUT2D eigenvalue weighted by atomic mass is 35.5. The average Bonchev–Trinajstić information content (AvgIpc) is 2.74. The summed E-state index contributed by atoms with van der Waals surface area (Å²) in [6, 6.07) is 11.1. The fraction of sp³-hybridized carbons (Fsp3) is 0.294. The highest BCUT2D eigenvalue weighted by molar-refractivity contribution is 6.28. The van der Waals surface area contributed by atoms with Crippen LogP contribution in [-0.4, -0.2) is 10.7 Å². The predicted octanol–water partition coefficient (Wildman–Crippen LogP) is 3.46. The standard InChI is InChI=1S/C17H14ClFO/c1-10-6-12-9-16(20)8-11-4-2-3-5-13(11)17(16,18)14(12)7-15(10)19/h2-7,20H,8-9H2,1H3. The van der Waals surface area contributed by atoms with Crippen molar-refractivity contribution in [1.82, 2.24) is 0 Å². The number of halogens is 2. The van der Waals surface area contributed by atoms with Crippen molar-refractivity contribution in [2.45, 2.75) is 30.2 Å². The van der Waals surface area contributed by atoms with E-state index in [1.165, 1.54) is 6.07 Å². The SMILES string of the molecule is Cc1cc2c(cc1F)C1(Cl)c3ccccc3CC1(O)C2. The van der Waals surface area contributed by atoms with Crippen molar-refractivity contribution in [1.29, 1.82) is 0 Å². The van der Waals surface area contributed by atoms with Crippen LogP contribution in [0.3, 0.4) is 0 Å². The van der Waals surface area contributed by atoms with Crippen LogP contribution in [0.5, 0.6) is 0 Å². The number of hydrogen-bond donors (Lipinski definition) is 1. The minimum absolute atomic E-state index is 0.266. The second kappa shape index (κ2) is 3.63. The van der Waals surface area contributed by atoms with Crippen molar-refractivity contribution < 1.29 is 9.50 Å². The van der Waals surface area contributed by atoms with Gasteiger partial charge in [-0.05, 0) is 40.8 Å². The van der Waals surface area contributed by atoms with E-state index in [1.807, 2.05) is 30.3 Å². The van der Waals surface area contributed by atoms with E-state index in [1.54, 1.807) is 6.92 Å². The van der Waals surface area contributed by atoms with Crippen LogP contribution >= 0.6 is 11.6 Å². The smallest absolute Gasteiger partial charge is 0.126 e. The van der Waals surface area contributed by atoms with Gasteiger partial charge in [-0.15, -0.1) is 11.6 Å². The first-order valence-electron chi connectivity index (χ1n) is 6.75. The summed E-state index contributed by atoms with van der Waals surface area (Å²) in [6.07, 6.45) is 0.990. The van der Waals surface area contributed by atoms with E-state index < -0.39 is 10.5 Å². The first-order chi connectivity index (χ1) is 9.46. The van der Waals surface area contributed by atoms with Crippen LogP contribution in [-0.2, 0) is 17.7 Å². The maximum Gasteiger partial charge on any atom is 0.126 e. The molecule has 20 heavy (non-hydrogen) atoms. The molecule has 4 rings (SSSR count). The molecule has 0 spiro atoms. The van der Waals surface area contributed by atoms with Crippen LogP contribution in [0.15, 0.2) is 36.4 Å². The lowest BCUT2D eigenvalue weighted by molar-refractivity contribution is 0.0329. The van der Waals surface area contributed by atoms with E-state index in [2.05, 4.69) is 0 Å². The maximum absolute atomic E-state index is 14.0. The van der Waals surface area contributed by atoms with Gasteiger partial charge in [0.05, 0.1) is 0 Å². The lowest BCUT2D eigenvalue weighted by Crippen LogP contribution is -2.42. The van der Waals surface area contributed by atoms with Gasteiger partial charge in [0.2, 0.25) is 0 Å². The molecule has 2 unspecified atom stereocenters. The van der Waals surface area contributed by atoms with Crippen molar-refractivity contribution in [2.24, 2.45) is 0 Å². The molecular weight excluding hydrogens is 275 g/mol. The number of aryl methyl sites for hydroxylation is 1. The molecule has 0 fully saturated rings. The van der Waals surface area contributed by atoms with Gasteiger partial charge in [-0.25, -0.2) is 4.39 Å². The Kier molecular flexibility index (Phi) is 2.24. The lowest BCUT2D eigenvalue weighted by Gasteiger charge is -2.32. The lowest BCUT2D eigenvalue weighted by atomic mass is 9.87. The van der Waals surface area contributed by atoms with E-state index in [0.717, 1.165) is 22.3 Å². The van der Waals surface area contributed by atoms with Gasteiger partial charge in [0, 0.05) is 12.8 Å². The molecule has 0 saturated heterocycles. The van der Waals surface area contributed by atoms with Crippen LogP contribution < -0.4 is 0 Å². The van der Waals surface area contributed by atoms with Gasteiger partial charge < -0.3 is 5.11 Å². The zero-order valence-corrected chi connectivity index (χ0v) is 11.8. The molecular formula is C17H14ClFO. The van der Waals surface area contributed by atoms with Crippen molar-refractivity contribution in [3.63, 3.8) is 0 Å². The van der Waals surface area contributed by atoms with E-state index in [9.17, 15) is 9.50 Å². The Morgan fingerprint density at radius 1 is 1.10 bits per heavy atom. The summed E-state index contributed by atoms with van der Waals surface area (Å²) in [5.41, 5.74) is 3.18. The molecule has 2 aliphatic rings. The summed E-state index contributed by atoms with van der Waals surface area (Å²) >= 11 is 6.88. The summed E-state index contributed by atoms with van der Waals surface area (Å²) in [5, 5.41) is 11.1. The molecule has 0 heterocycles. The average molecular weight is 289 g/mol. The second-order valence-corrected chi connectivity index (χ2v) is 6.53. The Balaban J connectivity index is 2.04. The highest BCUT2D eigenvalue weighted by Crippen LogP contribution is 2.59. The quantitative estimate of drug-likeness (QED) is 0.736. The molecule has 2 aromatic carbocycles. The molecule has 0 aliphatic heterocycles. The van der Waals surface area contributed by atoms with E-state index in [-0.39, 0.29) is 5.82 Å². The largest absolute Gasteiger partial charge is 0.387 e. The van der Waals surface area contributed by atoms with Crippen molar-refractivity contribution in [2.75, 3.05) is 0 Å². The van der Waals surface area contributed by atoms with Gasteiger partial charge in [-0.2, -0.15) is 0 Å². The molecule has 2 aliphatic carbocycles. The molecule has 1 N–H and O–H groups in total. The normalized spacial score (nSPS) is 30.0. The number of hydrogen-bond acceptors (Lipinski definition) is 1. The predicted molar refractivity (Wildman–Crippen MR) is 76.6 cm³/mol. The Morgan fingerprint density at radius 3 is 2.60 bits per heavy atom. The van der Waals surface area contributed by atoms with Gasteiger partial charge >= 0.3 is 0 Å². The van der Waals surface area contributed by atoms with Crippen LogP contribution in [0.25, 0.3) is 0 Å². The number of fused-ring (bicyclic) bond motifs is 5.